The summed E-state index contributed by atoms with van der Waals surface area (Å²) in [6, 6.07) is 0. The Morgan fingerprint density at radius 1 is 1.08 bits per heavy atom. The molecule has 1 saturated carbocycles. The zero-order valence-electron chi connectivity index (χ0n) is 15.4. The Hall–Kier alpha value is -0.940. The van der Waals surface area contributed by atoms with E-state index in [4.69, 9.17) is 9.47 Å². The Kier molecular flexibility index (Phi) is 8.19. The van der Waals surface area contributed by atoms with Gasteiger partial charge in [-0.25, -0.2) is 5.43 Å². The first-order valence-corrected chi connectivity index (χ1v) is 9.72. The van der Waals surface area contributed by atoms with Gasteiger partial charge in [0.05, 0.1) is 19.6 Å². The average Bonchev–Trinajstić information content (AvgIpc) is 2.96. The normalized spacial score (nSPS) is 28.1. The third kappa shape index (κ3) is 6.89. The smallest absolute Gasteiger partial charge is 0.245 e. The van der Waals surface area contributed by atoms with Crippen molar-refractivity contribution in [2.24, 2.45) is 11.0 Å². The quantitative estimate of drug-likeness (QED) is 0.786. The maximum atomic E-state index is 12.2. The van der Waals surface area contributed by atoms with Gasteiger partial charge in [0.2, 0.25) is 5.91 Å². The SMILES string of the molecule is C[C@H]1CCCCCCCCCCC1=NNC(=O)CC1(C)OCCO1. The molecule has 2 fully saturated rings. The lowest BCUT2D eigenvalue weighted by atomic mass is 9.92. The van der Waals surface area contributed by atoms with Crippen LogP contribution >= 0.6 is 0 Å². The number of hydrogen-bond acceptors (Lipinski definition) is 4. The van der Waals surface area contributed by atoms with Crippen molar-refractivity contribution in [1.29, 1.82) is 0 Å². The molecule has 5 nitrogen and oxygen atoms in total. The second-order valence-corrected chi connectivity index (χ2v) is 7.41. The third-order valence-electron chi connectivity index (χ3n) is 5.09. The van der Waals surface area contributed by atoms with Crippen molar-refractivity contribution in [3.63, 3.8) is 0 Å². The highest BCUT2D eigenvalue weighted by molar-refractivity contribution is 5.88. The zero-order valence-corrected chi connectivity index (χ0v) is 15.4. The molecule has 1 N–H and O–H groups in total. The van der Waals surface area contributed by atoms with Crippen LogP contribution in [-0.2, 0) is 14.3 Å². The molecule has 0 aromatic heterocycles. The second-order valence-electron chi connectivity index (χ2n) is 7.41. The molecule has 0 aromatic carbocycles. The fraction of sp³-hybridized carbons (Fsp3) is 0.895. The summed E-state index contributed by atoms with van der Waals surface area (Å²) in [5.74, 6) is -0.480. The van der Waals surface area contributed by atoms with Crippen LogP contribution in [0.2, 0.25) is 0 Å². The average molecular weight is 338 g/mol. The highest BCUT2D eigenvalue weighted by atomic mass is 16.7. The molecule has 1 amide bonds. The number of amides is 1. The number of carbonyl (C=O) groups excluding carboxylic acids is 1. The zero-order chi connectivity index (χ0) is 17.3. The molecule has 2 aliphatic rings. The molecule has 0 aromatic rings. The van der Waals surface area contributed by atoms with Gasteiger partial charge < -0.3 is 9.47 Å². The maximum Gasteiger partial charge on any atom is 0.245 e. The molecule has 0 spiro atoms. The Labute approximate surface area is 146 Å². The van der Waals surface area contributed by atoms with Gasteiger partial charge >= 0.3 is 0 Å². The van der Waals surface area contributed by atoms with Crippen molar-refractivity contribution < 1.29 is 14.3 Å². The fourth-order valence-electron chi connectivity index (χ4n) is 3.52. The monoisotopic (exact) mass is 338 g/mol. The molecule has 5 heteroatoms. The van der Waals surface area contributed by atoms with Crippen LogP contribution in [0, 0.1) is 5.92 Å². The molecule has 138 valence electrons. The van der Waals surface area contributed by atoms with Gasteiger partial charge in [-0.3, -0.25) is 4.79 Å². The standard InChI is InChI=1S/C19H34N2O3/c1-16-11-9-7-5-3-4-6-8-10-12-17(16)20-21-18(22)15-19(2)23-13-14-24-19/h16H,3-15H2,1-2H3,(H,21,22)/t16-/m0/s1. The van der Waals surface area contributed by atoms with Crippen LogP contribution in [0.5, 0.6) is 0 Å². The number of carbonyl (C=O) groups is 1. The minimum absolute atomic E-state index is 0.134. The van der Waals surface area contributed by atoms with Crippen molar-refractivity contribution in [2.45, 2.75) is 90.3 Å². The van der Waals surface area contributed by atoms with Crippen molar-refractivity contribution >= 4 is 11.6 Å². The van der Waals surface area contributed by atoms with E-state index in [2.05, 4.69) is 17.5 Å². The lowest BCUT2D eigenvalue weighted by Gasteiger charge is -2.21. The van der Waals surface area contributed by atoms with Gasteiger partial charge in [-0.1, -0.05) is 51.9 Å². The number of hydrazone groups is 1. The van der Waals surface area contributed by atoms with Crippen molar-refractivity contribution in [3.8, 4) is 0 Å². The van der Waals surface area contributed by atoms with E-state index in [1.807, 2.05) is 6.92 Å². The Bertz CT molecular complexity index is 417. The molecular weight excluding hydrogens is 304 g/mol. The molecular formula is C19H34N2O3. The molecule has 0 unspecified atom stereocenters. The van der Waals surface area contributed by atoms with Gasteiger partial charge in [-0.2, -0.15) is 5.10 Å². The lowest BCUT2D eigenvalue weighted by molar-refractivity contribution is -0.159. The summed E-state index contributed by atoms with van der Waals surface area (Å²) >= 11 is 0. The minimum Gasteiger partial charge on any atom is -0.347 e. The molecule has 2 rings (SSSR count). The molecule has 1 saturated heterocycles. The van der Waals surface area contributed by atoms with Gasteiger partial charge in [0.1, 0.15) is 0 Å². The van der Waals surface area contributed by atoms with Gasteiger partial charge in [0.25, 0.3) is 0 Å². The Morgan fingerprint density at radius 3 is 2.33 bits per heavy atom. The highest BCUT2D eigenvalue weighted by Gasteiger charge is 2.33. The molecule has 1 aliphatic carbocycles. The van der Waals surface area contributed by atoms with E-state index in [-0.39, 0.29) is 12.3 Å². The van der Waals surface area contributed by atoms with Crippen molar-refractivity contribution in [3.05, 3.63) is 0 Å². The highest BCUT2D eigenvalue weighted by Crippen LogP contribution is 2.22. The summed E-state index contributed by atoms with van der Waals surface area (Å²) in [5.41, 5.74) is 3.88. The summed E-state index contributed by atoms with van der Waals surface area (Å²) in [4.78, 5) is 12.2. The van der Waals surface area contributed by atoms with E-state index in [1.165, 1.54) is 57.8 Å². The first-order chi connectivity index (χ1) is 11.6. The van der Waals surface area contributed by atoms with Crippen LogP contribution in [0.15, 0.2) is 5.10 Å². The van der Waals surface area contributed by atoms with Crippen molar-refractivity contribution in [1.82, 2.24) is 5.43 Å². The van der Waals surface area contributed by atoms with Crippen LogP contribution in [-0.4, -0.2) is 30.6 Å². The summed E-state index contributed by atoms with van der Waals surface area (Å²) in [5, 5.41) is 4.47. The Morgan fingerprint density at radius 2 is 1.67 bits per heavy atom. The summed E-state index contributed by atoms with van der Waals surface area (Å²) < 4.78 is 11.0. The minimum atomic E-state index is -0.789. The van der Waals surface area contributed by atoms with Gasteiger partial charge in [-0.05, 0) is 32.1 Å². The summed E-state index contributed by atoms with van der Waals surface area (Å²) in [7, 11) is 0. The Balaban J connectivity index is 1.86. The first kappa shape index (κ1) is 19.4. The van der Waals surface area contributed by atoms with Crippen LogP contribution in [0.1, 0.15) is 84.5 Å². The molecule has 24 heavy (non-hydrogen) atoms. The van der Waals surface area contributed by atoms with Crippen LogP contribution in [0.25, 0.3) is 0 Å². The lowest BCUT2D eigenvalue weighted by Crippen LogP contribution is -2.34. The maximum absolute atomic E-state index is 12.2. The molecule has 1 atom stereocenters. The molecule has 1 heterocycles. The van der Waals surface area contributed by atoms with E-state index in [0.717, 1.165) is 12.1 Å². The number of ether oxygens (including phenoxy) is 2. The van der Waals surface area contributed by atoms with Gasteiger partial charge in [0.15, 0.2) is 5.79 Å². The third-order valence-corrected chi connectivity index (χ3v) is 5.09. The first-order valence-electron chi connectivity index (χ1n) is 9.72. The number of nitrogens with zero attached hydrogens (tertiary/aromatic N) is 1. The summed E-state index contributed by atoms with van der Waals surface area (Å²) in [6.45, 7) is 5.15. The van der Waals surface area contributed by atoms with E-state index < -0.39 is 5.79 Å². The molecule has 0 bridgehead atoms. The number of hydrogen-bond donors (Lipinski definition) is 1. The van der Waals surface area contributed by atoms with E-state index in [0.29, 0.717) is 19.1 Å². The second kappa shape index (κ2) is 10.1. The topological polar surface area (TPSA) is 59.9 Å². The predicted octanol–water partition coefficient (Wildman–Crippen LogP) is 4.16. The van der Waals surface area contributed by atoms with Gasteiger partial charge in [-0.15, -0.1) is 0 Å². The van der Waals surface area contributed by atoms with Crippen LogP contribution < -0.4 is 5.43 Å². The van der Waals surface area contributed by atoms with Crippen LogP contribution in [0.4, 0.5) is 0 Å². The largest absolute Gasteiger partial charge is 0.347 e. The van der Waals surface area contributed by atoms with E-state index >= 15 is 0 Å². The molecule has 1 aliphatic heterocycles. The summed E-state index contributed by atoms with van der Waals surface area (Å²) in [6.07, 6.45) is 12.8. The van der Waals surface area contributed by atoms with E-state index in [1.54, 1.807) is 0 Å². The van der Waals surface area contributed by atoms with Crippen molar-refractivity contribution in [2.75, 3.05) is 13.2 Å². The predicted molar refractivity (Wildman–Crippen MR) is 95.8 cm³/mol. The van der Waals surface area contributed by atoms with Crippen LogP contribution in [0.3, 0.4) is 0 Å². The fourth-order valence-corrected chi connectivity index (χ4v) is 3.52. The number of rotatable bonds is 3. The number of nitrogens with one attached hydrogen (secondary N) is 1. The molecule has 0 radical (unpaired) electrons. The van der Waals surface area contributed by atoms with E-state index in [9.17, 15) is 4.79 Å². The van der Waals surface area contributed by atoms with Gasteiger partial charge in [0, 0.05) is 5.71 Å².